The number of rotatable bonds is 4. The average molecular weight is 376 g/mol. The van der Waals surface area contributed by atoms with E-state index in [9.17, 15) is 8.42 Å². The van der Waals surface area contributed by atoms with Gasteiger partial charge in [-0.1, -0.05) is 23.2 Å². The van der Waals surface area contributed by atoms with E-state index in [1.165, 1.54) is 6.07 Å². The van der Waals surface area contributed by atoms with Gasteiger partial charge >= 0.3 is 0 Å². The Kier molecular flexibility index (Phi) is 4.17. The highest BCUT2D eigenvalue weighted by atomic mass is 35.5. The van der Waals surface area contributed by atoms with E-state index < -0.39 is 10.0 Å². The summed E-state index contributed by atoms with van der Waals surface area (Å²) < 4.78 is 27.3. The molecule has 0 atom stereocenters. The van der Waals surface area contributed by atoms with Crippen molar-refractivity contribution in [2.75, 3.05) is 6.54 Å². The van der Waals surface area contributed by atoms with Crippen LogP contribution in [0.15, 0.2) is 35.5 Å². The fourth-order valence-corrected chi connectivity index (χ4v) is 5.70. The minimum absolute atomic E-state index is 0.0222. The molecule has 0 saturated carbocycles. The number of thiophene rings is 1. The Morgan fingerprint density at radius 3 is 2.77 bits per heavy atom. The summed E-state index contributed by atoms with van der Waals surface area (Å²) in [6.45, 7) is 0.416. The normalized spacial score (nSPS) is 12.1. The zero-order chi connectivity index (χ0) is 15.9. The van der Waals surface area contributed by atoms with E-state index in [2.05, 4.69) is 4.98 Å². The summed E-state index contributed by atoms with van der Waals surface area (Å²) >= 11 is 12.9. The van der Waals surface area contributed by atoms with Crippen molar-refractivity contribution in [3.05, 3.63) is 44.8 Å². The van der Waals surface area contributed by atoms with Crippen LogP contribution < -0.4 is 5.73 Å². The second kappa shape index (κ2) is 5.82. The van der Waals surface area contributed by atoms with E-state index in [-0.39, 0.29) is 9.23 Å². The standard InChI is InChI=1S/C13H11Cl2N3O2S2/c14-11-6-10(12(15)21-11)22(19,20)18-7-8(3-4-16)9-2-1-5-17-13(9)18/h1-2,5-7H,3-4,16H2. The predicted molar refractivity (Wildman–Crippen MR) is 89.4 cm³/mol. The molecule has 5 nitrogen and oxygen atoms in total. The van der Waals surface area contributed by atoms with Crippen LogP contribution in [0.2, 0.25) is 8.67 Å². The largest absolute Gasteiger partial charge is 0.330 e. The second-order valence-corrected chi connectivity index (χ2v) is 8.63. The Morgan fingerprint density at radius 1 is 1.36 bits per heavy atom. The Bertz CT molecular complexity index is 948. The summed E-state index contributed by atoms with van der Waals surface area (Å²) in [5.74, 6) is 0. The fourth-order valence-electron chi connectivity index (χ4n) is 2.24. The molecule has 0 unspecified atom stereocenters. The molecule has 0 aromatic carbocycles. The van der Waals surface area contributed by atoms with Gasteiger partial charge in [0.1, 0.15) is 9.23 Å². The topological polar surface area (TPSA) is 78.0 Å². The minimum Gasteiger partial charge on any atom is -0.330 e. The lowest BCUT2D eigenvalue weighted by Gasteiger charge is -2.05. The van der Waals surface area contributed by atoms with Crippen molar-refractivity contribution in [3.8, 4) is 0 Å². The summed E-state index contributed by atoms with van der Waals surface area (Å²) in [7, 11) is -3.87. The zero-order valence-corrected chi connectivity index (χ0v) is 14.3. The maximum atomic E-state index is 12.9. The summed E-state index contributed by atoms with van der Waals surface area (Å²) in [5, 5.41) is 0.758. The molecule has 0 spiro atoms. The maximum absolute atomic E-state index is 12.9. The van der Waals surface area contributed by atoms with E-state index in [0.717, 1.165) is 26.3 Å². The predicted octanol–water partition coefficient (Wildman–Crippen LogP) is 3.14. The van der Waals surface area contributed by atoms with Crippen LogP contribution in [-0.2, 0) is 16.4 Å². The quantitative estimate of drug-likeness (QED) is 0.759. The Hall–Kier alpha value is -1.12. The van der Waals surface area contributed by atoms with Crippen LogP contribution in [0.4, 0.5) is 0 Å². The van der Waals surface area contributed by atoms with Crippen LogP contribution in [-0.4, -0.2) is 23.9 Å². The molecule has 0 aliphatic heterocycles. The molecule has 3 aromatic heterocycles. The van der Waals surface area contributed by atoms with Gasteiger partial charge in [-0.25, -0.2) is 17.4 Å². The first kappa shape index (κ1) is 15.8. The molecule has 22 heavy (non-hydrogen) atoms. The number of aromatic nitrogens is 2. The van der Waals surface area contributed by atoms with E-state index in [1.807, 2.05) is 6.07 Å². The first-order valence-corrected chi connectivity index (χ1v) is 9.32. The van der Waals surface area contributed by atoms with Crippen LogP contribution in [0.1, 0.15) is 5.56 Å². The number of nitrogens with two attached hydrogens (primary N) is 1. The van der Waals surface area contributed by atoms with Gasteiger partial charge in [-0.3, -0.25) is 0 Å². The monoisotopic (exact) mass is 375 g/mol. The van der Waals surface area contributed by atoms with E-state index >= 15 is 0 Å². The number of halogens is 2. The number of nitrogens with zero attached hydrogens (tertiary/aromatic N) is 2. The molecule has 0 bridgehead atoms. The van der Waals surface area contributed by atoms with Gasteiger partial charge in [0.15, 0.2) is 5.65 Å². The molecule has 3 rings (SSSR count). The number of pyridine rings is 1. The Labute approximate surface area is 141 Å². The molecule has 0 radical (unpaired) electrons. The molecule has 0 aliphatic rings. The minimum atomic E-state index is -3.87. The van der Waals surface area contributed by atoms with Gasteiger partial charge in [-0.15, -0.1) is 11.3 Å². The van der Waals surface area contributed by atoms with Crippen molar-refractivity contribution in [1.82, 2.24) is 8.96 Å². The summed E-state index contributed by atoms with van der Waals surface area (Å²) in [4.78, 5) is 4.16. The second-order valence-electron chi connectivity index (χ2n) is 4.56. The molecule has 116 valence electrons. The smallest absolute Gasteiger partial charge is 0.271 e. The maximum Gasteiger partial charge on any atom is 0.271 e. The van der Waals surface area contributed by atoms with Gasteiger partial charge in [0, 0.05) is 17.8 Å². The molecule has 0 amide bonds. The van der Waals surface area contributed by atoms with Crippen LogP contribution in [0.5, 0.6) is 0 Å². The molecular weight excluding hydrogens is 365 g/mol. The average Bonchev–Trinajstić information content (AvgIpc) is 3.01. The van der Waals surface area contributed by atoms with Crippen molar-refractivity contribution in [2.24, 2.45) is 5.73 Å². The lowest BCUT2D eigenvalue weighted by atomic mass is 10.2. The molecule has 0 aliphatic carbocycles. The zero-order valence-electron chi connectivity index (χ0n) is 11.2. The fraction of sp³-hybridized carbons (Fsp3) is 0.154. The molecule has 2 N–H and O–H groups in total. The first-order valence-electron chi connectivity index (χ1n) is 6.30. The van der Waals surface area contributed by atoms with Gasteiger partial charge in [0.25, 0.3) is 10.0 Å². The SMILES string of the molecule is NCCc1cn(S(=O)(=O)c2cc(Cl)sc2Cl)c2ncccc12. The third-order valence-corrected chi connectivity index (χ3v) is 6.59. The Balaban J connectivity index is 2.28. The van der Waals surface area contributed by atoms with Crippen molar-refractivity contribution < 1.29 is 8.42 Å². The van der Waals surface area contributed by atoms with Gasteiger partial charge in [0.05, 0.1) is 4.34 Å². The van der Waals surface area contributed by atoms with E-state index in [0.29, 0.717) is 22.9 Å². The first-order chi connectivity index (χ1) is 10.4. The van der Waals surface area contributed by atoms with Crippen molar-refractivity contribution >= 4 is 55.6 Å². The summed E-state index contributed by atoms with van der Waals surface area (Å²) in [6, 6.07) is 4.93. The highest BCUT2D eigenvalue weighted by Gasteiger charge is 2.26. The lowest BCUT2D eigenvalue weighted by Crippen LogP contribution is -2.12. The van der Waals surface area contributed by atoms with Gasteiger partial charge in [-0.2, -0.15) is 0 Å². The van der Waals surface area contributed by atoms with Gasteiger partial charge in [0.2, 0.25) is 0 Å². The summed E-state index contributed by atoms with van der Waals surface area (Å²) in [6.07, 6.45) is 3.65. The third kappa shape index (κ3) is 2.53. The highest BCUT2D eigenvalue weighted by Crippen LogP contribution is 2.36. The molecular formula is C13H11Cl2N3O2S2. The molecule has 0 saturated heterocycles. The molecule has 9 heteroatoms. The molecule has 0 fully saturated rings. The van der Waals surface area contributed by atoms with Crippen LogP contribution >= 0.6 is 34.5 Å². The van der Waals surface area contributed by atoms with Crippen molar-refractivity contribution in [1.29, 1.82) is 0 Å². The third-order valence-electron chi connectivity index (χ3n) is 3.19. The molecule has 3 heterocycles. The lowest BCUT2D eigenvalue weighted by molar-refractivity contribution is 0.589. The van der Waals surface area contributed by atoms with Crippen molar-refractivity contribution in [2.45, 2.75) is 11.3 Å². The van der Waals surface area contributed by atoms with Gasteiger partial charge in [-0.05, 0) is 36.7 Å². The molecule has 3 aromatic rings. The van der Waals surface area contributed by atoms with Crippen LogP contribution in [0, 0.1) is 0 Å². The van der Waals surface area contributed by atoms with Crippen molar-refractivity contribution in [3.63, 3.8) is 0 Å². The Morgan fingerprint density at radius 2 is 2.14 bits per heavy atom. The summed E-state index contributed by atoms with van der Waals surface area (Å²) in [5.41, 5.74) is 6.77. The highest BCUT2D eigenvalue weighted by molar-refractivity contribution is 7.90. The van der Waals surface area contributed by atoms with E-state index in [1.54, 1.807) is 18.5 Å². The van der Waals surface area contributed by atoms with Crippen LogP contribution in [0.3, 0.4) is 0 Å². The number of hydrogen-bond acceptors (Lipinski definition) is 5. The number of fused-ring (bicyclic) bond motifs is 1. The van der Waals surface area contributed by atoms with E-state index in [4.69, 9.17) is 28.9 Å². The van der Waals surface area contributed by atoms with Crippen LogP contribution in [0.25, 0.3) is 11.0 Å². The van der Waals surface area contributed by atoms with Gasteiger partial charge < -0.3 is 5.73 Å². The number of hydrogen-bond donors (Lipinski definition) is 1.